The predicted molar refractivity (Wildman–Crippen MR) is 104 cm³/mol. The van der Waals surface area contributed by atoms with E-state index in [1.54, 1.807) is 37.3 Å². The second kappa shape index (κ2) is 7.98. The Morgan fingerprint density at radius 2 is 1.63 bits per heavy atom. The minimum Gasteiger partial charge on any atom is -0.465 e. The molecule has 1 aromatic heterocycles. The number of imidazole rings is 1. The average molecular weight is 407 g/mol. The average Bonchev–Trinajstić information content (AvgIpc) is 2.88. The second-order valence-electron chi connectivity index (χ2n) is 5.80. The van der Waals surface area contributed by atoms with Gasteiger partial charge in [-0.1, -0.05) is 35.3 Å². The number of hydrogen-bond donors (Lipinski definition) is 0. The number of hydrogen-bond acceptors (Lipinski definition) is 4. The summed E-state index contributed by atoms with van der Waals surface area (Å²) in [4.78, 5) is 37.4. The SMILES string of the molecule is CCOC(=O)Cn1c(=O)n(CC(=O)c2ccc(Cl)cc2Cl)c2ccccc21. The zero-order valence-corrected chi connectivity index (χ0v) is 16.0. The number of benzene rings is 2. The number of halogens is 2. The van der Waals surface area contributed by atoms with E-state index in [2.05, 4.69) is 0 Å². The van der Waals surface area contributed by atoms with E-state index < -0.39 is 11.7 Å². The summed E-state index contributed by atoms with van der Waals surface area (Å²) < 4.78 is 7.55. The lowest BCUT2D eigenvalue weighted by Crippen LogP contribution is -2.29. The molecule has 1 heterocycles. The molecule has 0 aliphatic carbocycles. The number of para-hydroxylation sites is 2. The van der Waals surface area contributed by atoms with Crippen LogP contribution in [0.4, 0.5) is 0 Å². The van der Waals surface area contributed by atoms with Crippen molar-refractivity contribution in [2.75, 3.05) is 6.61 Å². The molecule has 0 aliphatic heterocycles. The number of Topliss-reactive ketones (excluding diaryl/α,β-unsaturated/α-hetero) is 1. The largest absolute Gasteiger partial charge is 0.465 e. The van der Waals surface area contributed by atoms with Gasteiger partial charge in [-0.2, -0.15) is 0 Å². The highest BCUT2D eigenvalue weighted by atomic mass is 35.5. The van der Waals surface area contributed by atoms with Gasteiger partial charge in [0.05, 0.1) is 29.2 Å². The van der Waals surface area contributed by atoms with E-state index >= 15 is 0 Å². The second-order valence-corrected chi connectivity index (χ2v) is 6.64. The predicted octanol–water partition coefficient (Wildman–Crippen LogP) is 3.56. The van der Waals surface area contributed by atoms with Crippen molar-refractivity contribution in [3.05, 3.63) is 68.6 Å². The molecule has 0 N–H and O–H groups in total. The number of esters is 1. The minimum absolute atomic E-state index is 0.212. The van der Waals surface area contributed by atoms with Gasteiger partial charge >= 0.3 is 11.7 Å². The van der Waals surface area contributed by atoms with E-state index in [9.17, 15) is 14.4 Å². The molecule has 6 nitrogen and oxygen atoms in total. The van der Waals surface area contributed by atoms with Crippen molar-refractivity contribution in [3.63, 3.8) is 0 Å². The smallest absolute Gasteiger partial charge is 0.330 e. The van der Waals surface area contributed by atoms with Crippen molar-refractivity contribution in [2.24, 2.45) is 0 Å². The number of ketones is 1. The summed E-state index contributed by atoms with van der Waals surface area (Å²) in [7, 11) is 0. The molecular formula is C19H16Cl2N2O4. The molecule has 0 atom stereocenters. The summed E-state index contributed by atoms with van der Waals surface area (Å²) in [5.41, 5.74) is 0.897. The van der Waals surface area contributed by atoms with Gasteiger partial charge in [-0.25, -0.2) is 4.79 Å². The van der Waals surface area contributed by atoms with Crippen LogP contribution < -0.4 is 5.69 Å². The lowest BCUT2D eigenvalue weighted by Gasteiger charge is -2.05. The number of fused-ring (bicyclic) bond motifs is 1. The highest BCUT2D eigenvalue weighted by Gasteiger charge is 2.19. The molecule has 8 heteroatoms. The van der Waals surface area contributed by atoms with E-state index in [-0.39, 0.29) is 36.1 Å². The van der Waals surface area contributed by atoms with Crippen molar-refractivity contribution in [1.82, 2.24) is 9.13 Å². The van der Waals surface area contributed by atoms with E-state index in [1.165, 1.54) is 21.3 Å². The maximum atomic E-state index is 12.8. The van der Waals surface area contributed by atoms with Crippen molar-refractivity contribution >= 4 is 46.0 Å². The van der Waals surface area contributed by atoms with Gasteiger partial charge in [0.2, 0.25) is 0 Å². The van der Waals surface area contributed by atoms with Gasteiger partial charge in [-0.05, 0) is 37.3 Å². The molecule has 0 saturated carbocycles. The van der Waals surface area contributed by atoms with Crippen LogP contribution in [0.3, 0.4) is 0 Å². The third-order valence-corrected chi connectivity index (χ3v) is 4.60. The molecule has 27 heavy (non-hydrogen) atoms. The van der Waals surface area contributed by atoms with Crippen molar-refractivity contribution in [2.45, 2.75) is 20.0 Å². The molecule has 0 aliphatic rings. The zero-order valence-electron chi connectivity index (χ0n) is 14.4. The molecule has 140 valence electrons. The molecule has 0 saturated heterocycles. The van der Waals surface area contributed by atoms with Gasteiger partial charge < -0.3 is 4.74 Å². The number of nitrogens with zero attached hydrogens (tertiary/aromatic N) is 2. The van der Waals surface area contributed by atoms with Gasteiger partial charge in [0, 0.05) is 10.6 Å². The van der Waals surface area contributed by atoms with Gasteiger partial charge in [0.25, 0.3) is 0 Å². The van der Waals surface area contributed by atoms with Crippen LogP contribution in [-0.2, 0) is 22.6 Å². The molecule has 0 spiro atoms. The van der Waals surface area contributed by atoms with Gasteiger partial charge in [0.1, 0.15) is 6.54 Å². The quantitative estimate of drug-likeness (QED) is 0.463. The number of aromatic nitrogens is 2. The lowest BCUT2D eigenvalue weighted by molar-refractivity contribution is -0.143. The first-order valence-electron chi connectivity index (χ1n) is 8.24. The minimum atomic E-state index is -0.519. The van der Waals surface area contributed by atoms with E-state index in [1.807, 2.05) is 0 Å². The standard InChI is InChI=1S/C19H16Cl2N2O4/c1-2-27-18(25)11-23-16-6-4-3-5-15(16)22(19(23)26)10-17(24)13-8-7-12(20)9-14(13)21/h3-9H,2,10-11H2,1H3. The number of carbonyl (C=O) groups excluding carboxylic acids is 2. The van der Waals surface area contributed by atoms with Crippen LogP contribution in [0.5, 0.6) is 0 Å². The molecule has 3 aromatic rings. The Labute approximate surface area is 164 Å². The van der Waals surface area contributed by atoms with Crippen molar-refractivity contribution in [3.8, 4) is 0 Å². The maximum absolute atomic E-state index is 12.8. The molecule has 0 bridgehead atoms. The first-order valence-corrected chi connectivity index (χ1v) is 9.00. The Morgan fingerprint density at radius 3 is 2.22 bits per heavy atom. The molecule has 0 radical (unpaired) electrons. The fraction of sp³-hybridized carbons (Fsp3) is 0.211. The molecule has 3 rings (SSSR count). The van der Waals surface area contributed by atoms with Gasteiger partial charge in [-0.15, -0.1) is 0 Å². The van der Waals surface area contributed by atoms with Crippen LogP contribution in [0.2, 0.25) is 10.0 Å². The number of rotatable bonds is 6. The van der Waals surface area contributed by atoms with Crippen LogP contribution in [-0.4, -0.2) is 27.5 Å². The molecule has 0 fully saturated rings. The third-order valence-electron chi connectivity index (χ3n) is 4.05. The highest BCUT2D eigenvalue weighted by molar-refractivity contribution is 6.36. The summed E-state index contributed by atoms with van der Waals surface area (Å²) in [6.45, 7) is 1.48. The van der Waals surface area contributed by atoms with Crippen molar-refractivity contribution in [1.29, 1.82) is 0 Å². The summed E-state index contributed by atoms with van der Waals surface area (Å²) in [6, 6.07) is 11.5. The Hall–Kier alpha value is -2.57. The Kier molecular flexibility index (Phi) is 5.68. The molecule has 0 amide bonds. The topological polar surface area (TPSA) is 70.3 Å². The zero-order chi connectivity index (χ0) is 19.6. The normalized spacial score (nSPS) is 10.9. The van der Waals surface area contributed by atoms with Crippen LogP contribution in [0, 0.1) is 0 Å². The number of carbonyl (C=O) groups is 2. The Balaban J connectivity index is 2.02. The summed E-state index contributed by atoms with van der Waals surface area (Å²) in [5, 5.41) is 0.635. The highest BCUT2D eigenvalue weighted by Crippen LogP contribution is 2.22. The maximum Gasteiger partial charge on any atom is 0.330 e. The number of ether oxygens (including phenoxy) is 1. The Bertz CT molecular complexity index is 1080. The van der Waals surface area contributed by atoms with E-state index in [4.69, 9.17) is 27.9 Å². The summed E-state index contributed by atoms with van der Waals surface area (Å²) in [6.07, 6.45) is 0. The van der Waals surface area contributed by atoms with Gasteiger partial charge in [-0.3, -0.25) is 18.7 Å². The van der Waals surface area contributed by atoms with Crippen LogP contribution in [0.15, 0.2) is 47.3 Å². The van der Waals surface area contributed by atoms with Crippen LogP contribution in [0.1, 0.15) is 17.3 Å². The fourth-order valence-electron chi connectivity index (χ4n) is 2.86. The first-order chi connectivity index (χ1) is 12.9. The van der Waals surface area contributed by atoms with Crippen molar-refractivity contribution < 1.29 is 14.3 Å². The summed E-state index contributed by atoms with van der Waals surface area (Å²) >= 11 is 12.0. The van der Waals surface area contributed by atoms with Crippen LogP contribution in [0.25, 0.3) is 11.0 Å². The van der Waals surface area contributed by atoms with Gasteiger partial charge in [0.15, 0.2) is 5.78 Å². The lowest BCUT2D eigenvalue weighted by atomic mass is 10.1. The summed E-state index contributed by atoms with van der Waals surface area (Å²) in [5.74, 6) is -0.854. The third kappa shape index (κ3) is 3.91. The van der Waals surface area contributed by atoms with Crippen LogP contribution >= 0.6 is 23.2 Å². The molecular weight excluding hydrogens is 391 g/mol. The Morgan fingerprint density at radius 1 is 1.00 bits per heavy atom. The van der Waals surface area contributed by atoms with E-state index in [0.29, 0.717) is 16.1 Å². The van der Waals surface area contributed by atoms with E-state index in [0.717, 1.165) is 0 Å². The fourth-order valence-corrected chi connectivity index (χ4v) is 3.37. The first kappa shape index (κ1) is 19.2. The molecule has 0 unspecified atom stereocenters. The monoisotopic (exact) mass is 406 g/mol. The molecule has 2 aromatic carbocycles.